The molecule has 0 saturated carbocycles. The summed E-state index contributed by atoms with van der Waals surface area (Å²) < 4.78 is 50.8. The van der Waals surface area contributed by atoms with Gasteiger partial charge in [-0.25, -0.2) is 18.0 Å². The number of hydrogen-bond donors (Lipinski definition) is 0. The third-order valence-corrected chi connectivity index (χ3v) is 7.99. The van der Waals surface area contributed by atoms with Crippen molar-refractivity contribution in [3.63, 3.8) is 0 Å². The molecule has 2 fully saturated rings. The monoisotopic (exact) mass is 533 g/mol. The fourth-order valence-electron chi connectivity index (χ4n) is 5.94. The standard InChI is InChI=1S/C31H30F3N3O2/c1-20(2)36-18-21(29-23(9-6-10-28(29)36)24-15-26(33)27(34)16-25(24)32)17-35-13-11-31(12-14-35)19-37(30(38)39-31)22-7-4-3-5-8-22/h3-10,15-16,18,20H,11-14,17,19H2,1-2H3. The number of fused-ring (bicyclic) bond motifs is 1. The second kappa shape index (κ2) is 9.75. The van der Waals surface area contributed by atoms with Crippen molar-refractivity contribution in [2.24, 2.45) is 0 Å². The number of aromatic nitrogens is 1. The highest BCUT2D eigenvalue weighted by molar-refractivity contribution is 5.98. The molecule has 0 unspecified atom stereocenters. The molecular weight excluding hydrogens is 503 g/mol. The van der Waals surface area contributed by atoms with Crippen molar-refractivity contribution in [2.45, 2.75) is 44.9 Å². The second-order valence-corrected chi connectivity index (χ2v) is 10.9. The number of hydrogen-bond acceptors (Lipinski definition) is 3. The fourth-order valence-corrected chi connectivity index (χ4v) is 5.94. The highest BCUT2D eigenvalue weighted by Gasteiger charge is 2.47. The number of ether oxygens (including phenoxy) is 1. The first kappa shape index (κ1) is 25.5. The van der Waals surface area contributed by atoms with E-state index < -0.39 is 23.1 Å². The zero-order valence-corrected chi connectivity index (χ0v) is 22.0. The van der Waals surface area contributed by atoms with Gasteiger partial charge in [0.1, 0.15) is 11.4 Å². The van der Waals surface area contributed by atoms with Crippen LogP contribution in [-0.2, 0) is 11.3 Å². The molecular formula is C31H30F3N3O2. The van der Waals surface area contributed by atoms with Crippen LogP contribution in [0.1, 0.15) is 38.3 Å². The first-order chi connectivity index (χ1) is 18.7. The Labute approximate surface area is 225 Å². The Hall–Kier alpha value is -3.78. The van der Waals surface area contributed by atoms with E-state index in [2.05, 4.69) is 29.5 Å². The van der Waals surface area contributed by atoms with Crippen molar-refractivity contribution >= 4 is 22.7 Å². The zero-order valence-electron chi connectivity index (χ0n) is 22.0. The maximum Gasteiger partial charge on any atom is 0.415 e. The minimum absolute atomic E-state index is 0.0405. The van der Waals surface area contributed by atoms with E-state index in [-0.39, 0.29) is 17.7 Å². The largest absolute Gasteiger partial charge is 0.441 e. The molecule has 39 heavy (non-hydrogen) atoms. The van der Waals surface area contributed by atoms with E-state index in [1.807, 2.05) is 42.5 Å². The van der Waals surface area contributed by atoms with Crippen molar-refractivity contribution in [2.75, 3.05) is 24.5 Å². The molecule has 1 aromatic heterocycles. The van der Waals surface area contributed by atoms with E-state index in [1.165, 1.54) is 0 Å². The molecule has 1 amide bonds. The van der Waals surface area contributed by atoms with Crippen LogP contribution in [0.2, 0.25) is 0 Å². The summed E-state index contributed by atoms with van der Waals surface area (Å²) in [4.78, 5) is 16.7. The third kappa shape index (κ3) is 4.56. The highest BCUT2D eigenvalue weighted by Crippen LogP contribution is 2.39. The lowest BCUT2D eigenvalue weighted by molar-refractivity contribution is -0.000891. The smallest absolute Gasteiger partial charge is 0.415 e. The molecule has 3 aromatic carbocycles. The number of amides is 1. The van der Waals surface area contributed by atoms with E-state index in [9.17, 15) is 18.0 Å². The van der Waals surface area contributed by atoms with Crippen LogP contribution in [0.15, 0.2) is 66.9 Å². The summed E-state index contributed by atoms with van der Waals surface area (Å²) in [7, 11) is 0. The van der Waals surface area contributed by atoms with Crippen LogP contribution in [0.25, 0.3) is 22.0 Å². The number of nitrogens with zero attached hydrogens (tertiary/aromatic N) is 3. The summed E-state index contributed by atoms with van der Waals surface area (Å²) in [6.45, 7) is 6.73. The molecule has 5 nitrogen and oxygen atoms in total. The molecule has 4 aromatic rings. The molecule has 1 spiro atoms. The van der Waals surface area contributed by atoms with Gasteiger partial charge in [0.15, 0.2) is 11.6 Å². The summed E-state index contributed by atoms with van der Waals surface area (Å²) in [5, 5.41) is 0.832. The summed E-state index contributed by atoms with van der Waals surface area (Å²) >= 11 is 0. The first-order valence-corrected chi connectivity index (χ1v) is 13.3. The zero-order chi connectivity index (χ0) is 27.3. The SMILES string of the molecule is CC(C)n1cc(CN2CCC3(CC2)CN(c2ccccc2)C(=O)O3)c2c(-c3cc(F)c(F)cc3F)cccc21. The van der Waals surface area contributed by atoms with Crippen LogP contribution in [0.3, 0.4) is 0 Å². The van der Waals surface area contributed by atoms with Crippen LogP contribution in [0.5, 0.6) is 0 Å². The Kier molecular flexibility index (Phi) is 6.38. The van der Waals surface area contributed by atoms with Gasteiger partial charge in [0.2, 0.25) is 0 Å². The number of anilines is 1. The van der Waals surface area contributed by atoms with Gasteiger partial charge >= 0.3 is 6.09 Å². The Balaban J connectivity index is 1.28. The summed E-state index contributed by atoms with van der Waals surface area (Å²) in [5.41, 5.74) is 2.80. The summed E-state index contributed by atoms with van der Waals surface area (Å²) in [6.07, 6.45) is 3.17. The normalized spacial score (nSPS) is 17.5. The first-order valence-electron chi connectivity index (χ1n) is 13.3. The predicted octanol–water partition coefficient (Wildman–Crippen LogP) is 7.30. The molecule has 202 valence electrons. The van der Waals surface area contributed by atoms with Gasteiger partial charge in [-0.1, -0.05) is 30.3 Å². The third-order valence-electron chi connectivity index (χ3n) is 7.99. The highest BCUT2D eigenvalue weighted by atomic mass is 19.2. The van der Waals surface area contributed by atoms with Crippen LogP contribution in [0, 0.1) is 17.5 Å². The number of likely N-dealkylation sites (tertiary alicyclic amines) is 1. The summed E-state index contributed by atoms with van der Waals surface area (Å²) in [5.74, 6) is -3.08. The number of carbonyl (C=O) groups is 1. The average Bonchev–Trinajstić information content (AvgIpc) is 3.46. The molecule has 0 radical (unpaired) electrons. The molecule has 2 saturated heterocycles. The van der Waals surface area contributed by atoms with Gasteiger partial charge in [-0.3, -0.25) is 9.80 Å². The Morgan fingerprint density at radius 3 is 2.33 bits per heavy atom. The van der Waals surface area contributed by atoms with Crippen molar-refractivity contribution in [1.82, 2.24) is 9.47 Å². The quantitative estimate of drug-likeness (QED) is 0.253. The van der Waals surface area contributed by atoms with Crippen molar-refractivity contribution in [3.05, 3.63) is 89.9 Å². The van der Waals surface area contributed by atoms with Crippen LogP contribution < -0.4 is 4.90 Å². The predicted molar refractivity (Wildman–Crippen MR) is 145 cm³/mol. The van der Waals surface area contributed by atoms with E-state index in [1.54, 1.807) is 11.0 Å². The fraction of sp³-hybridized carbons (Fsp3) is 0.323. The maximum atomic E-state index is 14.9. The number of piperidine rings is 1. The molecule has 0 N–H and O–H groups in total. The van der Waals surface area contributed by atoms with Crippen LogP contribution in [-0.4, -0.2) is 40.8 Å². The number of para-hydroxylation sites is 1. The minimum Gasteiger partial charge on any atom is -0.441 e. The van der Waals surface area contributed by atoms with Crippen molar-refractivity contribution in [3.8, 4) is 11.1 Å². The Morgan fingerprint density at radius 2 is 1.62 bits per heavy atom. The lowest BCUT2D eigenvalue weighted by Crippen LogP contribution is -2.46. The molecule has 6 rings (SSSR count). The molecule has 2 aliphatic heterocycles. The Morgan fingerprint density at radius 1 is 0.897 bits per heavy atom. The Bertz CT molecular complexity index is 1540. The van der Waals surface area contributed by atoms with Gasteiger partial charge in [0.05, 0.1) is 6.54 Å². The van der Waals surface area contributed by atoms with Crippen molar-refractivity contribution < 1.29 is 22.7 Å². The number of halogens is 3. The number of carbonyl (C=O) groups excluding carboxylic acids is 1. The molecule has 0 bridgehead atoms. The number of benzene rings is 3. The topological polar surface area (TPSA) is 37.7 Å². The van der Waals surface area contributed by atoms with Crippen LogP contribution >= 0.6 is 0 Å². The lowest BCUT2D eigenvalue weighted by Gasteiger charge is -2.37. The van der Waals surface area contributed by atoms with E-state index >= 15 is 0 Å². The maximum absolute atomic E-state index is 14.9. The molecule has 3 heterocycles. The van der Waals surface area contributed by atoms with Gasteiger partial charge in [-0.05, 0) is 49.2 Å². The van der Waals surface area contributed by atoms with Gasteiger partial charge in [-0.15, -0.1) is 0 Å². The van der Waals surface area contributed by atoms with E-state index in [4.69, 9.17) is 4.74 Å². The van der Waals surface area contributed by atoms with Gasteiger partial charge < -0.3 is 9.30 Å². The molecule has 2 aliphatic rings. The average molecular weight is 534 g/mol. The van der Waals surface area contributed by atoms with Gasteiger partial charge in [0, 0.05) is 72.9 Å². The lowest BCUT2D eigenvalue weighted by atomic mass is 9.90. The van der Waals surface area contributed by atoms with Gasteiger partial charge in [-0.2, -0.15) is 0 Å². The van der Waals surface area contributed by atoms with E-state index in [0.717, 1.165) is 41.3 Å². The van der Waals surface area contributed by atoms with Crippen molar-refractivity contribution in [1.29, 1.82) is 0 Å². The van der Waals surface area contributed by atoms with Gasteiger partial charge in [0.25, 0.3) is 0 Å². The number of rotatable bonds is 5. The molecule has 0 atom stereocenters. The molecule has 0 aliphatic carbocycles. The minimum atomic E-state index is -1.20. The van der Waals surface area contributed by atoms with E-state index in [0.29, 0.717) is 37.6 Å². The van der Waals surface area contributed by atoms with Crippen LogP contribution in [0.4, 0.5) is 23.7 Å². The summed E-state index contributed by atoms with van der Waals surface area (Å²) in [6, 6.07) is 16.8. The molecule has 8 heteroatoms. The second-order valence-electron chi connectivity index (χ2n) is 10.9.